The van der Waals surface area contributed by atoms with Crippen LogP contribution in [-0.2, 0) is 6.54 Å². The Hall–Kier alpha value is -1.16. The molecule has 0 spiro atoms. The number of thiophene rings is 1. The number of nitrogens with two attached hydrogens (primary N) is 1. The van der Waals surface area contributed by atoms with Gasteiger partial charge in [0.1, 0.15) is 0 Å². The first-order chi connectivity index (χ1) is 7.90. The summed E-state index contributed by atoms with van der Waals surface area (Å²) in [5.41, 5.74) is 8.01. The molecule has 3 heteroatoms. The zero-order chi connectivity index (χ0) is 11.2. The van der Waals surface area contributed by atoms with Crippen molar-refractivity contribution in [2.75, 3.05) is 13.1 Å². The van der Waals surface area contributed by atoms with E-state index in [1.54, 1.807) is 11.3 Å². The summed E-state index contributed by atoms with van der Waals surface area (Å²) in [6.45, 7) is 2.48. The Balaban J connectivity index is 2.02. The van der Waals surface area contributed by atoms with Crippen molar-refractivity contribution in [3.05, 3.63) is 46.7 Å². The minimum absolute atomic E-state index is 0.691. The predicted octanol–water partition coefficient (Wildman–Crippen LogP) is 2.46. The molecule has 0 fully saturated rings. The normalized spacial score (nSPS) is 10.6. The highest BCUT2D eigenvalue weighted by molar-refractivity contribution is 7.10. The Labute approximate surface area is 100 Å². The summed E-state index contributed by atoms with van der Waals surface area (Å²) < 4.78 is 0. The van der Waals surface area contributed by atoms with E-state index >= 15 is 0 Å². The van der Waals surface area contributed by atoms with Gasteiger partial charge in [-0.2, -0.15) is 0 Å². The van der Waals surface area contributed by atoms with Gasteiger partial charge < -0.3 is 11.1 Å². The van der Waals surface area contributed by atoms with Crippen LogP contribution in [0.2, 0.25) is 0 Å². The quantitative estimate of drug-likeness (QED) is 0.777. The highest BCUT2D eigenvalue weighted by Crippen LogP contribution is 2.25. The molecular formula is C13H16N2S. The zero-order valence-corrected chi connectivity index (χ0v) is 9.96. The van der Waals surface area contributed by atoms with Crippen LogP contribution in [0.1, 0.15) is 4.88 Å². The third-order valence-electron chi connectivity index (χ3n) is 2.38. The minimum atomic E-state index is 0.691. The van der Waals surface area contributed by atoms with E-state index in [0.717, 1.165) is 13.1 Å². The second-order valence-corrected chi connectivity index (χ2v) is 4.63. The fourth-order valence-electron chi connectivity index (χ4n) is 1.57. The van der Waals surface area contributed by atoms with E-state index in [9.17, 15) is 0 Å². The lowest BCUT2D eigenvalue weighted by Crippen LogP contribution is -2.21. The van der Waals surface area contributed by atoms with Crippen LogP contribution in [0.5, 0.6) is 0 Å². The molecular weight excluding hydrogens is 216 g/mol. The number of nitrogens with one attached hydrogen (secondary N) is 1. The SMILES string of the molecule is NCCNCc1cc(-c2ccccc2)cs1. The van der Waals surface area contributed by atoms with Gasteiger partial charge in [-0.1, -0.05) is 30.3 Å². The Kier molecular flexibility index (Phi) is 4.10. The minimum Gasteiger partial charge on any atom is -0.329 e. The molecule has 0 aliphatic heterocycles. The number of rotatable bonds is 5. The lowest BCUT2D eigenvalue weighted by molar-refractivity contribution is 0.702. The summed E-state index contributed by atoms with van der Waals surface area (Å²) in [6, 6.07) is 12.7. The summed E-state index contributed by atoms with van der Waals surface area (Å²) in [5.74, 6) is 0. The van der Waals surface area contributed by atoms with Gasteiger partial charge in [0, 0.05) is 24.5 Å². The van der Waals surface area contributed by atoms with Crippen LogP contribution in [0.25, 0.3) is 11.1 Å². The lowest BCUT2D eigenvalue weighted by Gasteiger charge is -1.99. The number of hydrogen-bond donors (Lipinski definition) is 2. The summed E-state index contributed by atoms with van der Waals surface area (Å²) in [5, 5.41) is 5.50. The fourth-order valence-corrected chi connectivity index (χ4v) is 2.43. The van der Waals surface area contributed by atoms with Crippen LogP contribution in [0.3, 0.4) is 0 Å². The third kappa shape index (κ3) is 2.92. The first kappa shape index (κ1) is 11.3. The van der Waals surface area contributed by atoms with Gasteiger partial charge in [0.25, 0.3) is 0 Å². The average Bonchev–Trinajstić information content (AvgIpc) is 2.79. The second kappa shape index (κ2) is 5.80. The molecule has 0 atom stereocenters. The van der Waals surface area contributed by atoms with Gasteiger partial charge in [-0.05, 0) is 22.6 Å². The standard InChI is InChI=1S/C13H16N2S/c14-6-7-15-9-13-8-12(10-16-13)11-4-2-1-3-5-11/h1-5,8,10,15H,6-7,9,14H2. The zero-order valence-electron chi connectivity index (χ0n) is 9.15. The smallest absolute Gasteiger partial charge is 0.0300 e. The topological polar surface area (TPSA) is 38.0 Å². The van der Waals surface area contributed by atoms with Crippen LogP contribution >= 0.6 is 11.3 Å². The molecule has 0 bridgehead atoms. The Morgan fingerprint density at radius 2 is 1.94 bits per heavy atom. The molecule has 0 aliphatic carbocycles. The maximum atomic E-state index is 5.43. The largest absolute Gasteiger partial charge is 0.329 e. The first-order valence-corrected chi connectivity index (χ1v) is 6.32. The molecule has 1 aromatic carbocycles. The van der Waals surface area contributed by atoms with Crippen LogP contribution in [0.4, 0.5) is 0 Å². The molecule has 0 unspecified atom stereocenters. The van der Waals surface area contributed by atoms with E-state index in [4.69, 9.17) is 5.73 Å². The van der Waals surface area contributed by atoms with E-state index in [2.05, 4.69) is 41.0 Å². The molecule has 1 heterocycles. The molecule has 0 saturated carbocycles. The van der Waals surface area contributed by atoms with Gasteiger partial charge in [-0.3, -0.25) is 0 Å². The van der Waals surface area contributed by atoms with Gasteiger partial charge in [-0.25, -0.2) is 0 Å². The summed E-state index contributed by atoms with van der Waals surface area (Å²) >= 11 is 1.79. The van der Waals surface area contributed by atoms with Crippen molar-refractivity contribution in [1.29, 1.82) is 0 Å². The molecule has 2 aromatic rings. The van der Waals surface area contributed by atoms with Crippen LogP contribution in [0.15, 0.2) is 41.8 Å². The third-order valence-corrected chi connectivity index (χ3v) is 3.32. The monoisotopic (exact) mass is 232 g/mol. The van der Waals surface area contributed by atoms with Gasteiger partial charge in [0.2, 0.25) is 0 Å². The molecule has 2 nitrogen and oxygen atoms in total. The van der Waals surface area contributed by atoms with Crippen molar-refractivity contribution >= 4 is 11.3 Å². The summed E-state index contributed by atoms with van der Waals surface area (Å²) in [6.07, 6.45) is 0. The van der Waals surface area contributed by atoms with Gasteiger partial charge >= 0.3 is 0 Å². The molecule has 2 rings (SSSR count). The molecule has 16 heavy (non-hydrogen) atoms. The molecule has 1 aromatic heterocycles. The number of hydrogen-bond acceptors (Lipinski definition) is 3. The Morgan fingerprint density at radius 3 is 2.69 bits per heavy atom. The van der Waals surface area contributed by atoms with Crippen molar-refractivity contribution in [2.45, 2.75) is 6.54 Å². The molecule has 3 N–H and O–H groups in total. The Morgan fingerprint density at radius 1 is 1.12 bits per heavy atom. The van der Waals surface area contributed by atoms with Crippen molar-refractivity contribution < 1.29 is 0 Å². The fraction of sp³-hybridized carbons (Fsp3) is 0.231. The van der Waals surface area contributed by atoms with Gasteiger partial charge in [-0.15, -0.1) is 11.3 Å². The first-order valence-electron chi connectivity index (χ1n) is 5.44. The average molecular weight is 232 g/mol. The van der Waals surface area contributed by atoms with E-state index < -0.39 is 0 Å². The second-order valence-electron chi connectivity index (χ2n) is 3.63. The van der Waals surface area contributed by atoms with E-state index in [1.807, 2.05) is 6.07 Å². The number of benzene rings is 1. The van der Waals surface area contributed by atoms with Crippen molar-refractivity contribution in [2.24, 2.45) is 5.73 Å². The van der Waals surface area contributed by atoms with Crippen LogP contribution < -0.4 is 11.1 Å². The van der Waals surface area contributed by atoms with Gasteiger partial charge in [0.15, 0.2) is 0 Å². The maximum absolute atomic E-state index is 5.43. The molecule has 0 aliphatic rings. The van der Waals surface area contributed by atoms with Crippen molar-refractivity contribution in [3.63, 3.8) is 0 Å². The van der Waals surface area contributed by atoms with Crippen molar-refractivity contribution in [3.8, 4) is 11.1 Å². The molecule has 0 radical (unpaired) electrons. The molecule has 84 valence electrons. The lowest BCUT2D eigenvalue weighted by atomic mass is 10.1. The van der Waals surface area contributed by atoms with E-state index in [-0.39, 0.29) is 0 Å². The van der Waals surface area contributed by atoms with Gasteiger partial charge in [0.05, 0.1) is 0 Å². The van der Waals surface area contributed by atoms with Crippen molar-refractivity contribution in [1.82, 2.24) is 5.32 Å². The van der Waals surface area contributed by atoms with E-state index in [1.165, 1.54) is 16.0 Å². The highest BCUT2D eigenvalue weighted by atomic mass is 32.1. The predicted molar refractivity (Wildman–Crippen MR) is 70.5 cm³/mol. The summed E-state index contributed by atoms with van der Waals surface area (Å²) in [7, 11) is 0. The highest BCUT2D eigenvalue weighted by Gasteiger charge is 2.01. The molecule has 0 saturated heterocycles. The molecule has 0 amide bonds. The Bertz CT molecular complexity index is 423. The van der Waals surface area contributed by atoms with E-state index in [0.29, 0.717) is 6.54 Å². The maximum Gasteiger partial charge on any atom is 0.0300 e. The van der Waals surface area contributed by atoms with Crippen LogP contribution in [-0.4, -0.2) is 13.1 Å². The van der Waals surface area contributed by atoms with Crippen LogP contribution in [0, 0.1) is 0 Å². The summed E-state index contributed by atoms with van der Waals surface area (Å²) in [4.78, 5) is 1.35.